The number of anilines is 3. The van der Waals surface area contributed by atoms with E-state index in [1.54, 1.807) is 6.07 Å². The Morgan fingerprint density at radius 1 is 1.12 bits per heavy atom. The highest BCUT2D eigenvalue weighted by molar-refractivity contribution is 6.36. The summed E-state index contributed by atoms with van der Waals surface area (Å²) in [6.45, 7) is 6.21. The first-order chi connectivity index (χ1) is 12.6. The van der Waals surface area contributed by atoms with Crippen molar-refractivity contribution in [1.29, 1.82) is 0 Å². The Kier molecular flexibility index (Phi) is 4.98. The summed E-state index contributed by atoms with van der Waals surface area (Å²) in [6, 6.07) is 6.23. The van der Waals surface area contributed by atoms with Gasteiger partial charge in [0.2, 0.25) is 0 Å². The Morgan fingerprint density at radius 2 is 1.92 bits per heavy atom. The van der Waals surface area contributed by atoms with Crippen LogP contribution in [0.25, 0.3) is 0 Å². The van der Waals surface area contributed by atoms with E-state index in [9.17, 15) is 0 Å². The van der Waals surface area contributed by atoms with Gasteiger partial charge >= 0.3 is 0 Å². The highest BCUT2D eigenvalue weighted by Gasteiger charge is 2.32. The lowest BCUT2D eigenvalue weighted by Gasteiger charge is -2.37. The van der Waals surface area contributed by atoms with Gasteiger partial charge in [0, 0.05) is 29.7 Å². The predicted octanol–water partition coefficient (Wildman–Crippen LogP) is 5.55. The molecule has 26 heavy (non-hydrogen) atoms. The molecule has 2 aromatic rings. The standard InChI is InChI=1S/C20H24Cl2N4/c1-3-15-6-4-5-10-25(15)19-16-9-11-26(20(16)24-13(2)23-19)18-8-7-14(21)12-17(18)22/h7-8,12,15H,3-6,9-11H2,1-2H3. The maximum atomic E-state index is 6.47. The normalized spacial score (nSPS) is 19.8. The van der Waals surface area contributed by atoms with Crippen molar-refractivity contribution in [3.8, 4) is 0 Å². The Hall–Kier alpha value is -1.52. The third-order valence-electron chi connectivity index (χ3n) is 5.49. The number of rotatable bonds is 3. The molecule has 138 valence electrons. The fourth-order valence-electron chi connectivity index (χ4n) is 4.22. The van der Waals surface area contributed by atoms with E-state index < -0.39 is 0 Å². The number of aromatic nitrogens is 2. The summed E-state index contributed by atoms with van der Waals surface area (Å²) >= 11 is 12.5. The summed E-state index contributed by atoms with van der Waals surface area (Å²) in [5.74, 6) is 2.94. The van der Waals surface area contributed by atoms with Crippen LogP contribution in [-0.4, -0.2) is 29.1 Å². The van der Waals surface area contributed by atoms with Crippen LogP contribution in [0.4, 0.5) is 17.3 Å². The van der Waals surface area contributed by atoms with Gasteiger partial charge in [-0.25, -0.2) is 9.97 Å². The van der Waals surface area contributed by atoms with E-state index in [0.717, 1.165) is 49.1 Å². The van der Waals surface area contributed by atoms with Crippen LogP contribution in [-0.2, 0) is 6.42 Å². The van der Waals surface area contributed by atoms with E-state index in [2.05, 4.69) is 16.7 Å². The lowest BCUT2D eigenvalue weighted by atomic mass is 9.99. The molecule has 4 rings (SSSR count). The highest BCUT2D eigenvalue weighted by Crippen LogP contribution is 2.42. The lowest BCUT2D eigenvalue weighted by molar-refractivity contribution is 0.445. The van der Waals surface area contributed by atoms with E-state index in [1.807, 2.05) is 19.1 Å². The van der Waals surface area contributed by atoms with Gasteiger partial charge in [0.15, 0.2) is 0 Å². The number of benzene rings is 1. The number of halogens is 2. The summed E-state index contributed by atoms with van der Waals surface area (Å²) in [6.07, 6.45) is 5.90. The molecule has 0 N–H and O–H groups in total. The second-order valence-corrected chi connectivity index (χ2v) is 7.99. The van der Waals surface area contributed by atoms with Crippen LogP contribution in [0.15, 0.2) is 18.2 Å². The first-order valence-corrected chi connectivity index (χ1v) is 10.2. The van der Waals surface area contributed by atoms with Gasteiger partial charge in [-0.2, -0.15) is 0 Å². The molecule has 6 heteroatoms. The van der Waals surface area contributed by atoms with Gasteiger partial charge in [-0.05, 0) is 57.2 Å². The molecule has 1 atom stereocenters. The van der Waals surface area contributed by atoms with Crippen LogP contribution >= 0.6 is 23.2 Å². The average molecular weight is 391 g/mol. The minimum atomic E-state index is 0.579. The van der Waals surface area contributed by atoms with Gasteiger partial charge in [0.05, 0.1) is 10.7 Å². The Balaban J connectivity index is 1.77. The van der Waals surface area contributed by atoms with Gasteiger partial charge in [0.1, 0.15) is 17.5 Å². The number of hydrogen-bond donors (Lipinski definition) is 0. The van der Waals surface area contributed by atoms with Crippen LogP contribution < -0.4 is 9.80 Å². The maximum Gasteiger partial charge on any atom is 0.142 e. The van der Waals surface area contributed by atoms with Crippen molar-refractivity contribution < 1.29 is 0 Å². The zero-order valence-corrected chi connectivity index (χ0v) is 16.8. The molecule has 0 bridgehead atoms. The molecule has 1 fully saturated rings. The summed E-state index contributed by atoms with van der Waals surface area (Å²) < 4.78 is 0. The fraction of sp³-hybridized carbons (Fsp3) is 0.500. The molecule has 1 unspecified atom stereocenters. The summed E-state index contributed by atoms with van der Waals surface area (Å²) in [7, 11) is 0. The molecule has 0 amide bonds. The zero-order chi connectivity index (χ0) is 18.3. The summed E-state index contributed by atoms with van der Waals surface area (Å²) in [5.41, 5.74) is 2.21. The van der Waals surface area contributed by atoms with Crippen molar-refractivity contribution in [3.63, 3.8) is 0 Å². The van der Waals surface area contributed by atoms with Crippen molar-refractivity contribution in [2.24, 2.45) is 0 Å². The molecule has 2 aliphatic rings. The minimum Gasteiger partial charge on any atom is -0.353 e. The van der Waals surface area contributed by atoms with Crippen molar-refractivity contribution in [2.75, 3.05) is 22.9 Å². The molecular weight excluding hydrogens is 367 g/mol. The van der Waals surface area contributed by atoms with Gasteiger partial charge < -0.3 is 9.80 Å². The van der Waals surface area contributed by atoms with Crippen molar-refractivity contribution in [3.05, 3.63) is 39.6 Å². The van der Waals surface area contributed by atoms with E-state index in [-0.39, 0.29) is 0 Å². The molecule has 3 heterocycles. The van der Waals surface area contributed by atoms with E-state index in [0.29, 0.717) is 16.1 Å². The quantitative estimate of drug-likeness (QED) is 0.686. The first kappa shape index (κ1) is 17.9. The third-order valence-corrected chi connectivity index (χ3v) is 6.03. The molecule has 1 saturated heterocycles. The largest absolute Gasteiger partial charge is 0.353 e. The van der Waals surface area contributed by atoms with Crippen LogP contribution in [0, 0.1) is 6.92 Å². The smallest absolute Gasteiger partial charge is 0.142 e. The van der Waals surface area contributed by atoms with Crippen molar-refractivity contribution >= 4 is 40.5 Å². The van der Waals surface area contributed by atoms with Gasteiger partial charge in [-0.1, -0.05) is 30.1 Å². The lowest BCUT2D eigenvalue weighted by Crippen LogP contribution is -2.40. The second kappa shape index (κ2) is 7.24. The van der Waals surface area contributed by atoms with Crippen LogP contribution in [0.3, 0.4) is 0 Å². The minimum absolute atomic E-state index is 0.579. The first-order valence-electron chi connectivity index (χ1n) is 9.45. The average Bonchev–Trinajstić information content (AvgIpc) is 3.04. The van der Waals surface area contributed by atoms with E-state index in [1.165, 1.54) is 24.8 Å². The molecule has 0 aliphatic carbocycles. The molecule has 1 aromatic carbocycles. The van der Waals surface area contributed by atoms with E-state index >= 15 is 0 Å². The van der Waals surface area contributed by atoms with Gasteiger partial charge in [-0.3, -0.25) is 0 Å². The molecule has 0 saturated carbocycles. The molecule has 0 spiro atoms. The van der Waals surface area contributed by atoms with Gasteiger partial charge in [-0.15, -0.1) is 0 Å². The number of nitrogens with zero attached hydrogens (tertiary/aromatic N) is 4. The molecule has 0 radical (unpaired) electrons. The Labute approximate surface area is 165 Å². The van der Waals surface area contributed by atoms with Crippen molar-refractivity contribution in [2.45, 2.75) is 52.0 Å². The van der Waals surface area contributed by atoms with E-state index in [4.69, 9.17) is 33.2 Å². The van der Waals surface area contributed by atoms with Crippen LogP contribution in [0.1, 0.15) is 44.0 Å². The molecule has 1 aromatic heterocycles. The number of fused-ring (bicyclic) bond motifs is 1. The number of aryl methyl sites for hydroxylation is 1. The fourth-order valence-corrected chi connectivity index (χ4v) is 4.73. The van der Waals surface area contributed by atoms with Crippen molar-refractivity contribution in [1.82, 2.24) is 9.97 Å². The Bertz CT molecular complexity index is 824. The Morgan fingerprint density at radius 3 is 2.69 bits per heavy atom. The second-order valence-electron chi connectivity index (χ2n) is 7.15. The van der Waals surface area contributed by atoms with Crippen LogP contribution in [0.5, 0.6) is 0 Å². The zero-order valence-electron chi connectivity index (χ0n) is 15.3. The predicted molar refractivity (Wildman–Crippen MR) is 109 cm³/mol. The van der Waals surface area contributed by atoms with Gasteiger partial charge in [0.25, 0.3) is 0 Å². The molecular formula is C20H24Cl2N4. The molecule has 2 aliphatic heterocycles. The summed E-state index contributed by atoms with van der Waals surface area (Å²) in [5, 5.41) is 1.31. The number of hydrogen-bond acceptors (Lipinski definition) is 4. The molecule has 4 nitrogen and oxygen atoms in total. The third kappa shape index (κ3) is 3.14. The highest BCUT2D eigenvalue weighted by atomic mass is 35.5. The topological polar surface area (TPSA) is 32.3 Å². The monoisotopic (exact) mass is 390 g/mol. The number of piperidine rings is 1. The summed E-state index contributed by atoms with van der Waals surface area (Å²) in [4.78, 5) is 14.4. The SMILES string of the molecule is CCC1CCCCN1c1nc(C)nc2c1CCN2c1ccc(Cl)cc1Cl. The maximum absolute atomic E-state index is 6.47. The van der Waals surface area contributed by atoms with Crippen LogP contribution in [0.2, 0.25) is 10.0 Å².